The van der Waals surface area contributed by atoms with E-state index in [-0.39, 0.29) is 0 Å². The minimum atomic E-state index is 0.301. The van der Waals surface area contributed by atoms with Crippen LogP contribution in [0.15, 0.2) is 53.8 Å². The number of hydrogen-bond donors (Lipinski definition) is 0. The number of aromatic nitrogens is 4. The summed E-state index contributed by atoms with van der Waals surface area (Å²) in [5, 5.41) is 9.77. The maximum atomic E-state index is 5.86. The number of benzene rings is 1. The van der Waals surface area contributed by atoms with Crippen LogP contribution in [0.25, 0.3) is 17.2 Å². The number of hydrogen-bond acceptors (Lipinski definition) is 5. The molecule has 0 amide bonds. The fourth-order valence-electron chi connectivity index (χ4n) is 3.06. The van der Waals surface area contributed by atoms with Gasteiger partial charge in [0.15, 0.2) is 11.0 Å². The summed E-state index contributed by atoms with van der Waals surface area (Å²) >= 11 is 1.70. The van der Waals surface area contributed by atoms with Crippen molar-refractivity contribution >= 4 is 11.8 Å². The Morgan fingerprint density at radius 3 is 2.73 bits per heavy atom. The molecule has 1 fully saturated rings. The topological polar surface area (TPSA) is 52.8 Å². The summed E-state index contributed by atoms with van der Waals surface area (Å²) in [6.07, 6.45) is 5.63. The van der Waals surface area contributed by atoms with Gasteiger partial charge in [0.25, 0.3) is 0 Å². The Hall–Kier alpha value is -2.18. The van der Waals surface area contributed by atoms with Gasteiger partial charge in [-0.3, -0.25) is 9.55 Å². The van der Waals surface area contributed by atoms with Gasteiger partial charge in [-0.05, 0) is 50.5 Å². The van der Waals surface area contributed by atoms with Crippen LogP contribution in [0.4, 0.5) is 0 Å². The smallest absolute Gasteiger partial charge is 0.196 e. The van der Waals surface area contributed by atoms with E-state index in [9.17, 15) is 0 Å². The minimum absolute atomic E-state index is 0.301. The lowest BCUT2D eigenvalue weighted by Gasteiger charge is -2.22. The van der Waals surface area contributed by atoms with Gasteiger partial charge in [0.05, 0.1) is 6.10 Å². The summed E-state index contributed by atoms with van der Waals surface area (Å²) in [6, 6.07) is 14.3. The van der Waals surface area contributed by atoms with Crippen LogP contribution in [0.3, 0.4) is 0 Å². The van der Waals surface area contributed by atoms with Gasteiger partial charge in [0.1, 0.15) is 5.69 Å². The fourth-order valence-corrected chi connectivity index (χ4v) is 4.07. The second-order valence-electron chi connectivity index (χ2n) is 6.49. The van der Waals surface area contributed by atoms with Gasteiger partial charge < -0.3 is 4.74 Å². The van der Waals surface area contributed by atoms with Crippen LogP contribution in [0, 0.1) is 6.92 Å². The second-order valence-corrected chi connectivity index (χ2v) is 7.48. The highest BCUT2D eigenvalue weighted by atomic mass is 32.2. The van der Waals surface area contributed by atoms with Crippen LogP contribution in [0.1, 0.15) is 24.8 Å². The van der Waals surface area contributed by atoms with Crippen molar-refractivity contribution in [3.63, 3.8) is 0 Å². The molecule has 5 nitrogen and oxygen atoms in total. The van der Waals surface area contributed by atoms with Crippen molar-refractivity contribution in [3.05, 3.63) is 54.2 Å². The van der Waals surface area contributed by atoms with Crippen molar-refractivity contribution in [2.75, 3.05) is 12.4 Å². The van der Waals surface area contributed by atoms with Crippen LogP contribution < -0.4 is 0 Å². The van der Waals surface area contributed by atoms with Crippen molar-refractivity contribution < 1.29 is 4.74 Å². The highest BCUT2D eigenvalue weighted by Crippen LogP contribution is 2.29. The van der Waals surface area contributed by atoms with Gasteiger partial charge in [-0.2, -0.15) is 0 Å². The Kier molecular flexibility index (Phi) is 5.32. The van der Waals surface area contributed by atoms with Gasteiger partial charge in [-0.15, -0.1) is 10.2 Å². The lowest BCUT2D eigenvalue weighted by molar-refractivity contribution is 0.0315. The molecule has 0 aliphatic carbocycles. The summed E-state index contributed by atoms with van der Waals surface area (Å²) in [4.78, 5) is 4.46. The molecule has 134 valence electrons. The SMILES string of the molecule is Cc1ccc(-n2c(SCC3CCCCO3)nnc2-c2ccccn2)cc1. The van der Waals surface area contributed by atoms with E-state index in [1.807, 2.05) is 18.2 Å². The average Bonchev–Trinajstić information content (AvgIpc) is 3.12. The van der Waals surface area contributed by atoms with Crippen LogP contribution in [-0.4, -0.2) is 38.2 Å². The molecule has 3 aromatic rings. The zero-order valence-corrected chi connectivity index (χ0v) is 15.7. The summed E-state index contributed by atoms with van der Waals surface area (Å²) in [5.41, 5.74) is 3.10. The van der Waals surface area contributed by atoms with Gasteiger partial charge in [0.2, 0.25) is 0 Å². The number of aryl methyl sites for hydroxylation is 1. The molecule has 0 radical (unpaired) electrons. The Bertz CT molecular complexity index is 842. The Labute approximate surface area is 157 Å². The number of ether oxygens (including phenoxy) is 1. The molecular weight excluding hydrogens is 344 g/mol. The van der Waals surface area contributed by atoms with Crippen molar-refractivity contribution in [3.8, 4) is 17.2 Å². The maximum Gasteiger partial charge on any atom is 0.196 e. The van der Waals surface area contributed by atoms with Crippen molar-refractivity contribution in [1.82, 2.24) is 19.7 Å². The van der Waals surface area contributed by atoms with Crippen molar-refractivity contribution in [1.29, 1.82) is 0 Å². The number of thioether (sulfide) groups is 1. The third-order valence-electron chi connectivity index (χ3n) is 4.49. The number of nitrogens with zero attached hydrogens (tertiary/aromatic N) is 4. The predicted octanol–water partition coefficient (Wildman–Crippen LogP) is 4.30. The molecule has 1 saturated heterocycles. The molecule has 0 N–H and O–H groups in total. The molecule has 3 heterocycles. The van der Waals surface area contributed by atoms with E-state index in [1.54, 1.807) is 18.0 Å². The van der Waals surface area contributed by atoms with E-state index in [4.69, 9.17) is 4.74 Å². The maximum absolute atomic E-state index is 5.86. The molecule has 0 spiro atoms. The normalized spacial score (nSPS) is 17.3. The highest BCUT2D eigenvalue weighted by Gasteiger charge is 2.20. The number of pyridine rings is 1. The summed E-state index contributed by atoms with van der Waals surface area (Å²) < 4.78 is 7.95. The van der Waals surface area contributed by atoms with Crippen LogP contribution in [-0.2, 0) is 4.74 Å². The van der Waals surface area contributed by atoms with Crippen molar-refractivity contribution in [2.45, 2.75) is 37.4 Å². The molecule has 1 unspecified atom stereocenters. The summed E-state index contributed by atoms with van der Waals surface area (Å²) in [6.45, 7) is 2.96. The molecule has 26 heavy (non-hydrogen) atoms. The molecule has 1 aromatic carbocycles. The molecule has 4 rings (SSSR count). The molecule has 0 bridgehead atoms. The lowest BCUT2D eigenvalue weighted by Crippen LogP contribution is -2.21. The second kappa shape index (κ2) is 8.01. The van der Waals surface area contributed by atoms with Crippen molar-refractivity contribution in [2.24, 2.45) is 0 Å². The van der Waals surface area contributed by atoms with E-state index < -0.39 is 0 Å². The zero-order chi connectivity index (χ0) is 17.8. The highest BCUT2D eigenvalue weighted by molar-refractivity contribution is 7.99. The fraction of sp³-hybridized carbons (Fsp3) is 0.350. The summed E-state index contributed by atoms with van der Waals surface area (Å²) in [5.74, 6) is 1.66. The predicted molar refractivity (Wildman–Crippen MR) is 104 cm³/mol. The third-order valence-corrected chi connectivity index (χ3v) is 5.55. The first-order valence-electron chi connectivity index (χ1n) is 8.99. The number of rotatable bonds is 5. The minimum Gasteiger partial charge on any atom is -0.377 e. The lowest BCUT2D eigenvalue weighted by atomic mass is 10.1. The molecular formula is C20H22N4OS. The standard InChI is InChI=1S/C20H22N4OS/c1-15-8-10-16(11-9-15)24-19(18-7-2-4-12-21-18)22-23-20(24)26-14-17-6-3-5-13-25-17/h2,4,7-12,17H,3,5-6,13-14H2,1H3. The van der Waals surface area contributed by atoms with E-state index >= 15 is 0 Å². The quantitative estimate of drug-likeness (QED) is 0.630. The van der Waals surface area contributed by atoms with E-state index in [1.165, 1.54) is 18.4 Å². The van der Waals surface area contributed by atoms with E-state index in [0.717, 1.165) is 41.1 Å². The van der Waals surface area contributed by atoms with Gasteiger partial charge in [-0.25, -0.2) is 0 Å². The first kappa shape index (κ1) is 17.2. The molecule has 0 saturated carbocycles. The monoisotopic (exact) mass is 366 g/mol. The molecule has 1 atom stereocenters. The molecule has 6 heteroatoms. The van der Waals surface area contributed by atoms with Gasteiger partial charge >= 0.3 is 0 Å². The molecule has 2 aromatic heterocycles. The van der Waals surface area contributed by atoms with Gasteiger partial charge in [-0.1, -0.05) is 35.5 Å². The first-order chi connectivity index (χ1) is 12.8. The Morgan fingerprint density at radius 1 is 1.12 bits per heavy atom. The Balaban J connectivity index is 1.67. The first-order valence-corrected chi connectivity index (χ1v) is 9.98. The van der Waals surface area contributed by atoms with Crippen LogP contribution in [0.5, 0.6) is 0 Å². The molecule has 1 aliphatic heterocycles. The van der Waals surface area contributed by atoms with Gasteiger partial charge in [0, 0.05) is 24.2 Å². The largest absolute Gasteiger partial charge is 0.377 e. The Morgan fingerprint density at radius 2 is 2.00 bits per heavy atom. The third kappa shape index (κ3) is 3.81. The van der Waals surface area contributed by atoms with Crippen LogP contribution in [0.2, 0.25) is 0 Å². The van der Waals surface area contributed by atoms with E-state index in [0.29, 0.717) is 6.10 Å². The summed E-state index contributed by atoms with van der Waals surface area (Å²) in [7, 11) is 0. The van der Waals surface area contributed by atoms with E-state index in [2.05, 4.69) is 50.9 Å². The molecule has 1 aliphatic rings. The zero-order valence-electron chi connectivity index (χ0n) is 14.8. The van der Waals surface area contributed by atoms with Crippen LogP contribution >= 0.6 is 11.8 Å². The average molecular weight is 366 g/mol.